The van der Waals surface area contributed by atoms with E-state index in [1.807, 2.05) is 0 Å². The third kappa shape index (κ3) is 4.32. The Bertz CT molecular complexity index is 586. The van der Waals surface area contributed by atoms with Crippen LogP contribution in [-0.4, -0.2) is 57.1 Å². The Kier molecular flexibility index (Phi) is 5.65. The maximum absolute atomic E-state index is 6.15. The maximum atomic E-state index is 6.15. The molecule has 1 saturated heterocycles. The van der Waals surface area contributed by atoms with E-state index < -0.39 is 0 Å². The summed E-state index contributed by atoms with van der Waals surface area (Å²) >= 11 is 0. The number of ether oxygens (including phenoxy) is 1. The Labute approximate surface area is 157 Å². The Morgan fingerprint density at radius 2 is 2.00 bits per heavy atom. The molecular formula is C21H33N3O2. The summed E-state index contributed by atoms with van der Waals surface area (Å²) in [6, 6.07) is 0. The molecule has 26 heavy (non-hydrogen) atoms. The van der Waals surface area contributed by atoms with Gasteiger partial charge in [0.1, 0.15) is 5.76 Å². The zero-order valence-electron chi connectivity index (χ0n) is 16.2. The molecule has 2 atom stereocenters. The summed E-state index contributed by atoms with van der Waals surface area (Å²) in [5.74, 6) is 2.90. The highest BCUT2D eigenvalue weighted by Gasteiger charge is 2.39. The second-order valence-electron chi connectivity index (χ2n) is 8.61. The molecule has 2 heterocycles. The average Bonchev–Trinajstić information content (AvgIpc) is 3.38. The van der Waals surface area contributed by atoms with Gasteiger partial charge in [-0.1, -0.05) is 11.2 Å². The van der Waals surface area contributed by atoms with Gasteiger partial charge in [0.05, 0.1) is 18.2 Å². The zero-order valence-corrected chi connectivity index (χ0v) is 16.2. The lowest BCUT2D eigenvalue weighted by molar-refractivity contribution is 0.0826. The van der Waals surface area contributed by atoms with Gasteiger partial charge in [-0.2, -0.15) is 0 Å². The van der Waals surface area contributed by atoms with Gasteiger partial charge in [-0.05, 0) is 83.6 Å². The number of rotatable bonds is 8. The van der Waals surface area contributed by atoms with Gasteiger partial charge in [0, 0.05) is 12.1 Å². The molecule has 4 aliphatic rings. The first-order valence-electron chi connectivity index (χ1n) is 10.3. The minimum Gasteiger partial charge on any atom is -0.493 e. The first-order chi connectivity index (χ1) is 12.7. The van der Waals surface area contributed by atoms with Gasteiger partial charge < -0.3 is 19.8 Å². The molecule has 2 fully saturated rings. The normalized spacial score (nSPS) is 29.0. The number of likely N-dealkylation sites (N-methyl/N-ethyl adjacent to an activating group) is 1. The molecule has 5 heteroatoms. The van der Waals surface area contributed by atoms with E-state index >= 15 is 0 Å². The maximum Gasteiger partial charge on any atom is 0.165 e. The van der Waals surface area contributed by atoms with Crippen LogP contribution in [0.1, 0.15) is 38.5 Å². The van der Waals surface area contributed by atoms with E-state index in [1.54, 1.807) is 0 Å². The van der Waals surface area contributed by atoms with Crippen molar-refractivity contribution in [1.82, 2.24) is 10.2 Å². The minimum absolute atomic E-state index is 0.0274. The molecule has 5 nitrogen and oxygen atoms in total. The molecule has 2 aliphatic heterocycles. The minimum atomic E-state index is 0.0274. The summed E-state index contributed by atoms with van der Waals surface area (Å²) < 4.78 is 6.15. The molecule has 4 rings (SSSR count). The van der Waals surface area contributed by atoms with Crippen molar-refractivity contribution < 1.29 is 9.57 Å². The van der Waals surface area contributed by atoms with Crippen LogP contribution in [-0.2, 0) is 9.57 Å². The first kappa shape index (κ1) is 18.1. The van der Waals surface area contributed by atoms with Gasteiger partial charge >= 0.3 is 0 Å². The van der Waals surface area contributed by atoms with Crippen LogP contribution in [0, 0.1) is 17.8 Å². The van der Waals surface area contributed by atoms with E-state index in [1.165, 1.54) is 43.4 Å². The highest BCUT2D eigenvalue weighted by atomic mass is 16.6. The number of hydrogen-bond acceptors (Lipinski definition) is 5. The summed E-state index contributed by atoms with van der Waals surface area (Å²) in [6.45, 7) is 4.04. The summed E-state index contributed by atoms with van der Waals surface area (Å²) in [5, 5.41) is 7.96. The topological polar surface area (TPSA) is 46.1 Å². The summed E-state index contributed by atoms with van der Waals surface area (Å²) in [6.07, 6.45) is 12.0. The fourth-order valence-electron chi connectivity index (χ4n) is 4.23. The third-order valence-electron chi connectivity index (χ3n) is 6.03. The molecule has 0 aromatic rings. The molecule has 1 saturated carbocycles. The smallest absolute Gasteiger partial charge is 0.165 e. The predicted octanol–water partition coefficient (Wildman–Crippen LogP) is 2.95. The second-order valence-corrected chi connectivity index (χ2v) is 8.61. The molecule has 0 amide bonds. The van der Waals surface area contributed by atoms with Crippen molar-refractivity contribution in [2.45, 2.75) is 44.6 Å². The van der Waals surface area contributed by atoms with Crippen LogP contribution in [0.2, 0.25) is 0 Å². The molecule has 0 spiro atoms. The Hall–Kier alpha value is -1.33. The van der Waals surface area contributed by atoms with E-state index in [0.29, 0.717) is 5.92 Å². The summed E-state index contributed by atoms with van der Waals surface area (Å²) in [4.78, 5) is 8.13. The van der Waals surface area contributed by atoms with Gasteiger partial charge in [-0.15, -0.1) is 0 Å². The van der Waals surface area contributed by atoms with Crippen LogP contribution in [0.25, 0.3) is 0 Å². The van der Waals surface area contributed by atoms with Crippen molar-refractivity contribution in [3.8, 4) is 0 Å². The third-order valence-corrected chi connectivity index (χ3v) is 6.03. The average molecular weight is 360 g/mol. The highest BCUT2D eigenvalue weighted by Crippen LogP contribution is 2.36. The van der Waals surface area contributed by atoms with Crippen molar-refractivity contribution in [3.05, 3.63) is 23.5 Å². The fourth-order valence-corrected chi connectivity index (χ4v) is 4.23. The van der Waals surface area contributed by atoms with E-state index in [9.17, 15) is 0 Å². The quantitative estimate of drug-likeness (QED) is 0.724. The zero-order chi connectivity index (χ0) is 17.9. The molecule has 0 radical (unpaired) electrons. The Morgan fingerprint density at radius 3 is 2.73 bits per heavy atom. The van der Waals surface area contributed by atoms with Gasteiger partial charge in [-0.25, -0.2) is 0 Å². The van der Waals surface area contributed by atoms with Crippen molar-refractivity contribution >= 4 is 5.71 Å². The van der Waals surface area contributed by atoms with Gasteiger partial charge in [-0.3, -0.25) is 0 Å². The van der Waals surface area contributed by atoms with E-state index in [-0.39, 0.29) is 6.10 Å². The van der Waals surface area contributed by atoms with Crippen LogP contribution in [0.4, 0.5) is 0 Å². The van der Waals surface area contributed by atoms with Crippen LogP contribution >= 0.6 is 0 Å². The molecule has 2 unspecified atom stereocenters. The van der Waals surface area contributed by atoms with Crippen LogP contribution in [0.3, 0.4) is 0 Å². The largest absolute Gasteiger partial charge is 0.493 e. The van der Waals surface area contributed by atoms with E-state index in [4.69, 9.17) is 9.57 Å². The lowest BCUT2D eigenvalue weighted by Crippen LogP contribution is -2.33. The fraction of sp³-hybridized carbons (Fsp3) is 0.762. The molecule has 1 N–H and O–H groups in total. The lowest BCUT2D eigenvalue weighted by atomic mass is 9.83. The molecule has 2 aliphatic carbocycles. The van der Waals surface area contributed by atoms with E-state index in [0.717, 1.165) is 50.3 Å². The van der Waals surface area contributed by atoms with Gasteiger partial charge in [0.25, 0.3) is 0 Å². The lowest BCUT2D eigenvalue weighted by Gasteiger charge is -2.28. The predicted molar refractivity (Wildman–Crippen MR) is 104 cm³/mol. The van der Waals surface area contributed by atoms with Crippen molar-refractivity contribution in [1.29, 1.82) is 0 Å². The Balaban J connectivity index is 1.39. The monoisotopic (exact) mass is 359 g/mol. The van der Waals surface area contributed by atoms with Crippen LogP contribution in [0.15, 0.2) is 28.6 Å². The van der Waals surface area contributed by atoms with Crippen LogP contribution in [0.5, 0.6) is 0 Å². The number of fused-ring (bicyclic) bond motifs is 1. The molecule has 144 valence electrons. The number of oxime groups is 1. The number of nitrogens with one attached hydrogen (secondary N) is 1. The van der Waals surface area contributed by atoms with Crippen molar-refractivity contribution in [2.24, 2.45) is 22.9 Å². The number of piperidine rings is 1. The number of nitrogens with zero attached hydrogens (tertiary/aromatic N) is 2. The molecule has 0 bridgehead atoms. The van der Waals surface area contributed by atoms with Gasteiger partial charge in [0.2, 0.25) is 0 Å². The first-order valence-corrected chi connectivity index (χ1v) is 10.3. The summed E-state index contributed by atoms with van der Waals surface area (Å²) in [7, 11) is 4.21. The second kappa shape index (κ2) is 8.13. The molecule has 0 aromatic heterocycles. The Morgan fingerprint density at radius 1 is 1.19 bits per heavy atom. The van der Waals surface area contributed by atoms with Crippen molar-refractivity contribution in [3.63, 3.8) is 0 Å². The number of allylic oxidation sites excluding steroid dienone is 1. The van der Waals surface area contributed by atoms with E-state index in [2.05, 4.69) is 41.6 Å². The van der Waals surface area contributed by atoms with Crippen molar-refractivity contribution in [2.75, 3.05) is 40.3 Å². The summed E-state index contributed by atoms with van der Waals surface area (Å²) in [5.41, 5.74) is 2.48. The van der Waals surface area contributed by atoms with Gasteiger partial charge in [0.15, 0.2) is 6.10 Å². The highest BCUT2D eigenvalue weighted by molar-refractivity contribution is 5.90. The molecule has 0 aromatic carbocycles. The molecular weight excluding hydrogens is 326 g/mol. The standard InChI is InChI=1S/C21H33N3O2/c1-24(2)13-18-20(25-14-16-3-4-16)8-6-17-19(23-26-21(17)18)7-5-15-9-11-22-12-10-15/h6,8,15-17,21-22H,3-5,7,9-14H2,1-2H3. The SMILES string of the molecule is CN(C)CC1=C(OCC2CC2)C=CC2C(CCC3CCNCC3)=NOC12. The number of hydrogen-bond donors (Lipinski definition) is 1. The van der Waals surface area contributed by atoms with Crippen LogP contribution < -0.4 is 5.32 Å².